The number of hydrogen-bond acceptors (Lipinski definition) is 6. The van der Waals surface area contributed by atoms with Crippen molar-refractivity contribution in [2.24, 2.45) is 0 Å². The number of aryl methyl sites for hydroxylation is 1. The SMILES string of the molecule is CCC(C)NS(=O)(=O)c1cc(-c2nc(-c3ccc(Cl)cc3)no2)sc1C. The standard InChI is InChI=1S/C17H18ClN3O3S2/c1-4-10(2)21-26(22,23)15-9-14(25-11(15)3)17-19-16(20-24-17)12-5-7-13(18)8-6-12/h5-10,21H,4H2,1-3H3. The van der Waals surface area contributed by atoms with Gasteiger partial charge in [0.15, 0.2) is 0 Å². The minimum absolute atomic E-state index is 0.136. The summed E-state index contributed by atoms with van der Waals surface area (Å²) < 4.78 is 33.1. The van der Waals surface area contributed by atoms with Crippen LogP contribution in [-0.2, 0) is 10.0 Å². The van der Waals surface area contributed by atoms with Gasteiger partial charge in [-0.05, 0) is 50.6 Å². The Kier molecular flexibility index (Phi) is 5.47. The topological polar surface area (TPSA) is 85.1 Å². The molecule has 0 amide bonds. The molecule has 3 rings (SSSR count). The highest BCUT2D eigenvalue weighted by Gasteiger charge is 2.24. The number of aromatic nitrogens is 2. The average Bonchev–Trinajstić information content (AvgIpc) is 3.22. The van der Waals surface area contributed by atoms with E-state index in [1.807, 2.05) is 13.8 Å². The summed E-state index contributed by atoms with van der Waals surface area (Å²) in [5, 5.41) is 4.59. The fourth-order valence-electron chi connectivity index (χ4n) is 2.29. The second kappa shape index (κ2) is 7.48. The highest BCUT2D eigenvalue weighted by atomic mass is 35.5. The minimum atomic E-state index is -3.58. The van der Waals surface area contributed by atoms with E-state index in [-0.39, 0.29) is 16.8 Å². The van der Waals surface area contributed by atoms with E-state index in [0.717, 1.165) is 5.56 Å². The molecule has 2 aromatic heterocycles. The maximum Gasteiger partial charge on any atom is 0.268 e. The monoisotopic (exact) mass is 411 g/mol. The number of rotatable bonds is 6. The van der Waals surface area contributed by atoms with Crippen LogP contribution in [0.25, 0.3) is 22.2 Å². The molecule has 0 saturated carbocycles. The van der Waals surface area contributed by atoms with Crippen molar-refractivity contribution in [3.05, 3.63) is 40.2 Å². The Balaban J connectivity index is 1.91. The molecule has 2 heterocycles. The fraction of sp³-hybridized carbons (Fsp3) is 0.294. The summed E-state index contributed by atoms with van der Waals surface area (Å²) in [6.07, 6.45) is 0.712. The van der Waals surface area contributed by atoms with Crippen molar-refractivity contribution in [3.8, 4) is 22.2 Å². The predicted octanol–water partition coefficient (Wildman–Crippen LogP) is 4.50. The third kappa shape index (κ3) is 3.98. The van der Waals surface area contributed by atoms with Crippen LogP contribution in [0.3, 0.4) is 0 Å². The molecule has 3 aromatic rings. The summed E-state index contributed by atoms with van der Waals surface area (Å²) in [6, 6.07) is 8.51. The molecule has 26 heavy (non-hydrogen) atoms. The zero-order valence-electron chi connectivity index (χ0n) is 14.5. The van der Waals surface area contributed by atoms with Gasteiger partial charge in [-0.2, -0.15) is 4.98 Å². The zero-order chi connectivity index (χ0) is 18.9. The molecule has 0 aliphatic carbocycles. The van der Waals surface area contributed by atoms with Crippen molar-refractivity contribution in [1.29, 1.82) is 0 Å². The Labute approximate surface area is 161 Å². The summed E-state index contributed by atoms with van der Waals surface area (Å²) in [6.45, 7) is 5.52. The van der Waals surface area contributed by atoms with Crippen molar-refractivity contribution in [2.75, 3.05) is 0 Å². The van der Waals surface area contributed by atoms with E-state index < -0.39 is 10.0 Å². The molecule has 1 atom stereocenters. The molecule has 0 fully saturated rings. The van der Waals surface area contributed by atoms with Crippen LogP contribution < -0.4 is 4.72 Å². The Hall–Kier alpha value is -1.74. The first-order chi connectivity index (χ1) is 12.3. The van der Waals surface area contributed by atoms with Crippen molar-refractivity contribution < 1.29 is 12.9 Å². The highest BCUT2D eigenvalue weighted by Crippen LogP contribution is 2.33. The third-order valence-electron chi connectivity index (χ3n) is 3.87. The van der Waals surface area contributed by atoms with E-state index >= 15 is 0 Å². The molecule has 0 aliphatic rings. The van der Waals surface area contributed by atoms with Crippen LogP contribution in [0, 0.1) is 6.92 Å². The number of benzene rings is 1. The van der Waals surface area contributed by atoms with Crippen LogP contribution in [0.4, 0.5) is 0 Å². The Morgan fingerprint density at radius 2 is 2.00 bits per heavy atom. The maximum absolute atomic E-state index is 12.5. The van der Waals surface area contributed by atoms with Crippen LogP contribution in [0.1, 0.15) is 25.1 Å². The molecular formula is C17H18ClN3O3S2. The molecule has 0 aliphatic heterocycles. The maximum atomic E-state index is 12.5. The minimum Gasteiger partial charge on any atom is -0.333 e. The molecule has 1 N–H and O–H groups in total. The van der Waals surface area contributed by atoms with E-state index in [4.69, 9.17) is 16.1 Å². The molecule has 1 aromatic carbocycles. The van der Waals surface area contributed by atoms with Crippen LogP contribution in [0.2, 0.25) is 5.02 Å². The van der Waals surface area contributed by atoms with E-state index in [1.54, 1.807) is 37.3 Å². The van der Waals surface area contributed by atoms with Gasteiger partial charge < -0.3 is 4.52 Å². The van der Waals surface area contributed by atoms with Gasteiger partial charge in [0.05, 0.1) is 9.77 Å². The fourth-order valence-corrected chi connectivity index (χ4v) is 5.25. The number of nitrogens with zero attached hydrogens (tertiary/aromatic N) is 2. The van der Waals surface area contributed by atoms with Crippen molar-refractivity contribution in [2.45, 2.75) is 38.1 Å². The number of thiophene rings is 1. The van der Waals surface area contributed by atoms with Crippen LogP contribution in [0.5, 0.6) is 0 Å². The van der Waals surface area contributed by atoms with Gasteiger partial charge in [-0.1, -0.05) is 23.7 Å². The molecular weight excluding hydrogens is 394 g/mol. The molecule has 0 bridgehead atoms. The molecule has 138 valence electrons. The number of halogens is 1. The first-order valence-corrected chi connectivity index (χ1v) is 10.7. The summed E-state index contributed by atoms with van der Waals surface area (Å²) in [7, 11) is -3.58. The third-order valence-corrected chi connectivity index (χ3v) is 7.01. The lowest BCUT2D eigenvalue weighted by Crippen LogP contribution is -2.32. The molecule has 0 saturated heterocycles. The first-order valence-electron chi connectivity index (χ1n) is 8.03. The summed E-state index contributed by atoms with van der Waals surface area (Å²) in [5.41, 5.74) is 0.768. The van der Waals surface area contributed by atoms with Crippen molar-refractivity contribution >= 4 is 33.0 Å². The van der Waals surface area contributed by atoms with Crippen LogP contribution in [0.15, 0.2) is 39.8 Å². The van der Waals surface area contributed by atoms with E-state index in [2.05, 4.69) is 14.9 Å². The smallest absolute Gasteiger partial charge is 0.268 e. The highest BCUT2D eigenvalue weighted by molar-refractivity contribution is 7.89. The number of hydrogen-bond donors (Lipinski definition) is 1. The van der Waals surface area contributed by atoms with Crippen molar-refractivity contribution in [3.63, 3.8) is 0 Å². The van der Waals surface area contributed by atoms with Gasteiger partial charge in [0.1, 0.15) is 0 Å². The second-order valence-corrected chi connectivity index (χ2v) is 9.27. The predicted molar refractivity (Wildman–Crippen MR) is 103 cm³/mol. The molecule has 9 heteroatoms. The van der Waals surface area contributed by atoms with Gasteiger partial charge in [-0.3, -0.25) is 0 Å². The lowest BCUT2D eigenvalue weighted by atomic mass is 10.2. The Morgan fingerprint density at radius 3 is 2.65 bits per heavy atom. The largest absolute Gasteiger partial charge is 0.333 e. The second-order valence-electron chi connectivity index (χ2n) is 5.89. The number of nitrogens with one attached hydrogen (secondary N) is 1. The van der Waals surface area contributed by atoms with E-state index in [9.17, 15) is 8.42 Å². The molecule has 1 unspecified atom stereocenters. The summed E-state index contributed by atoms with van der Waals surface area (Å²) in [5.74, 6) is 0.706. The van der Waals surface area contributed by atoms with Gasteiger partial charge in [-0.15, -0.1) is 11.3 Å². The molecule has 0 spiro atoms. The van der Waals surface area contributed by atoms with Gasteiger partial charge in [0.25, 0.3) is 5.89 Å². The van der Waals surface area contributed by atoms with Gasteiger partial charge in [0, 0.05) is 21.5 Å². The van der Waals surface area contributed by atoms with E-state index in [1.165, 1.54) is 11.3 Å². The normalized spacial score (nSPS) is 13.1. The van der Waals surface area contributed by atoms with Crippen molar-refractivity contribution in [1.82, 2.24) is 14.9 Å². The Bertz CT molecular complexity index is 1010. The molecule has 6 nitrogen and oxygen atoms in total. The first kappa shape index (κ1) is 19.0. The number of sulfonamides is 1. The Morgan fingerprint density at radius 1 is 1.31 bits per heavy atom. The lowest BCUT2D eigenvalue weighted by Gasteiger charge is -2.11. The lowest BCUT2D eigenvalue weighted by molar-refractivity contribution is 0.433. The van der Waals surface area contributed by atoms with Gasteiger partial charge in [-0.25, -0.2) is 13.1 Å². The summed E-state index contributed by atoms with van der Waals surface area (Å²) >= 11 is 7.19. The summed E-state index contributed by atoms with van der Waals surface area (Å²) in [4.78, 5) is 5.89. The quantitative estimate of drug-likeness (QED) is 0.645. The van der Waals surface area contributed by atoms with Gasteiger partial charge in [0.2, 0.25) is 15.8 Å². The van der Waals surface area contributed by atoms with E-state index in [0.29, 0.717) is 27.0 Å². The molecule has 0 radical (unpaired) electrons. The van der Waals surface area contributed by atoms with Crippen LogP contribution in [-0.4, -0.2) is 24.6 Å². The van der Waals surface area contributed by atoms with Gasteiger partial charge >= 0.3 is 0 Å². The van der Waals surface area contributed by atoms with Crippen LogP contribution >= 0.6 is 22.9 Å². The zero-order valence-corrected chi connectivity index (χ0v) is 16.9. The average molecular weight is 412 g/mol.